The number of aliphatic hydroxyl groups is 1. The van der Waals surface area contributed by atoms with E-state index in [-0.39, 0.29) is 0 Å². The third-order valence-corrected chi connectivity index (χ3v) is 2.23. The smallest absolute Gasteiger partial charge is 0.104 e. The Morgan fingerprint density at radius 1 is 0.643 bits per heavy atom. The summed E-state index contributed by atoms with van der Waals surface area (Å²) in [7, 11) is 0. The summed E-state index contributed by atoms with van der Waals surface area (Å²) < 4.78 is 0. The maximum Gasteiger partial charge on any atom is 0.104 e. The maximum absolute atomic E-state index is 9.99. The van der Waals surface area contributed by atoms with Crippen LogP contribution >= 0.6 is 0 Å². The highest BCUT2D eigenvalue weighted by Gasteiger charge is 2.07. The van der Waals surface area contributed by atoms with Gasteiger partial charge >= 0.3 is 0 Å². The van der Waals surface area contributed by atoms with Gasteiger partial charge in [-0.1, -0.05) is 60.7 Å². The van der Waals surface area contributed by atoms with Crippen molar-refractivity contribution >= 4 is 0 Å². The Kier molecular flexibility index (Phi) is 2.61. The standard InChI is InChI=1S/C13H12O/c14-13(11-7-3-1-4-8-11)12-9-5-2-6-10-12/h1-10,13-14H/i1+1,3+1,7+1/t13-/m1/s1. The summed E-state index contributed by atoms with van der Waals surface area (Å²) in [5, 5.41) is 9.99. The van der Waals surface area contributed by atoms with Gasteiger partial charge in [-0.3, -0.25) is 0 Å². The van der Waals surface area contributed by atoms with Crippen molar-refractivity contribution in [3.63, 3.8) is 0 Å². The van der Waals surface area contributed by atoms with Crippen molar-refractivity contribution in [1.29, 1.82) is 0 Å². The van der Waals surface area contributed by atoms with Crippen LogP contribution in [0.2, 0.25) is 0 Å². The molecule has 2 aromatic rings. The lowest BCUT2D eigenvalue weighted by Crippen LogP contribution is -1.98. The second-order valence-electron chi connectivity index (χ2n) is 3.22. The fraction of sp³-hybridized carbons (Fsp3) is 0.0769. The maximum atomic E-state index is 9.99. The van der Waals surface area contributed by atoms with Gasteiger partial charge in [-0.15, -0.1) is 0 Å². The molecule has 1 N–H and O–H groups in total. The summed E-state index contributed by atoms with van der Waals surface area (Å²) >= 11 is 0. The van der Waals surface area contributed by atoms with Gasteiger partial charge in [0.05, 0.1) is 0 Å². The molecule has 2 rings (SSSR count). The summed E-state index contributed by atoms with van der Waals surface area (Å²) in [4.78, 5) is 0. The van der Waals surface area contributed by atoms with Crippen molar-refractivity contribution in [3.8, 4) is 0 Å². The monoisotopic (exact) mass is 187 g/mol. The number of rotatable bonds is 2. The Morgan fingerprint density at radius 2 is 1.00 bits per heavy atom. The average molecular weight is 187 g/mol. The molecule has 0 aliphatic carbocycles. The fourth-order valence-electron chi connectivity index (χ4n) is 1.46. The van der Waals surface area contributed by atoms with Crippen molar-refractivity contribution in [1.82, 2.24) is 0 Å². The number of aliphatic hydroxyl groups excluding tert-OH is 1. The molecule has 0 aromatic heterocycles. The van der Waals surface area contributed by atoms with Gasteiger partial charge in [0.15, 0.2) is 0 Å². The topological polar surface area (TPSA) is 20.2 Å². The molecule has 0 radical (unpaired) electrons. The van der Waals surface area contributed by atoms with Gasteiger partial charge in [0.1, 0.15) is 6.10 Å². The molecule has 1 heteroatoms. The molecule has 0 aliphatic heterocycles. The highest BCUT2D eigenvalue weighted by atomic mass is 16.3. The molecule has 0 heterocycles. The van der Waals surface area contributed by atoms with E-state index in [0.717, 1.165) is 11.1 Å². The van der Waals surface area contributed by atoms with E-state index >= 15 is 0 Å². The molecule has 14 heavy (non-hydrogen) atoms. The lowest BCUT2D eigenvalue weighted by atomic mass is 10.1. The summed E-state index contributed by atoms with van der Waals surface area (Å²) in [5.74, 6) is 0. The lowest BCUT2D eigenvalue weighted by molar-refractivity contribution is 0.220. The van der Waals surface area contributed by atoms with Crippen molar-refractivity contribution in [2.24, 2.45) is 0 Å². The van der Waals surface area contributed by atoms with Gasteiger partial charge < -0.3 is 5.11 Å². The fourth-order valence-corrected chi connectivity index (χ4v) is 1.46. The molecule has 2 aromatic carbocycles. The van der Waals surface area contributed by atoms with Gasteiger partial charge in [0, 0.05) is 0 Å². The first-order chi connectivity index (χ1) is 6.88. The van der Waals surface area contributed by atoms with Crippen molar-refractivity contribution in [3.05, 3.63) is 71.8 Å². The zero-order valence-corrected chi connectivity index (χ0v) is 7.80. The number of hydrogen-bond donors (Lipinski definition) is 1. The van der Waals surface area contributed by atoms with Crippen LogP contribution in [0.1, 0.15) is 17.2 Å². The predicted molar refractivity (Wildman–Crippen MR) is 56.9 cm³/mol. The second kappa shape index (κ2) is 4.07. The minimum atomic E-state index is -0.516. The first-order valence-electron chi connectivity index (χ1n) is 4.66. The molecule has 70 valence electrons. The molecule has 0 amide bonds. The SMILES string of the molecule is O[C@@H](c1ccccc1)c1cc[13cH][13cH][13cH]1. The van der Waals surface area contributed by atoms with Crippen LogP contribution in [0.5, 0.6) is 0 Å². The summed E-state index contributed by atoms with van der Waals surface area (Å²) in [6.07, 6.45) is -0.516. The first kappa shape index (κ1) is 8.97. The molecule has 0 spiro atoms. The van der Waals surface area contributed by atoms with Crippen LogP contribution in [-0.4, -0.2) is 5.11 Å². The quantitative estimate of drug-likeness (QED) is 0.766. The Labute approximate surface area is 83.6 Å². The van der Waals surface area contributed by atoms with E-state index in [1.54, 1.807) is 0 Å². The van der Waals surface area contributed by atoms with E-state index in [1.807, 2.05) is 60.7 Å². The van der Waals surface area contributed by atoms with Crippen LogP contribution < -0.4 is 0 Å². The third-order valence-electron chi connectivity index (χ3n) is 2.23. The highest BCUT2D eigenvalue weighted by Crippen LogP contribution is 2.20. The second-order valence-corrected chi connectivity index (χ2v) is 3.22. The van der Waals surface area contributed by atoms with E-state index in [4.69, 9.17) is 0 Å². The van der Waals surface area contributed by atoms with Gasteiger partial charge in [-0.2, -0.15) is 0 Å². The van der Waals surface area contributed by atoms with Crippen LogP contribution in [-0.2, 0) is 0 Å². The molecule has 0 aliphatic rings. The van der Waals surface area contributed by atoms with Gasteiger partial charge in [0.2, 0.25) is 0 Å². The lowest BCUT2D eigenvalue weighted by Gasteiger charge is -2.10. The zero-order chi connectivity index (χ0) is 9.80. The van der Waals surface area contributed by atoms with E-state index < -0.39 is 6.10 Å². The molecule has 1 nitrogen and oxygen atoms in total. The van der Waals surface area contributed by atoms with E-state index in [1.165, 1.54) is 0 Å². The summed E-state index contributed by atoms with van der Waals surface area (Å²) in [6, 6.07) is 19.3. The number of hydrogen-bond acceptors (Lipinski definition) is 1. The van der Waals surface area contributed by atoms with Crippen LogP contribution in [0.15, 0.2) is 60.7 Å². The van der Waals surface area contributed by atoms with Crippen molar-refractivity contribution in [2.75, 3.05) is 0 Å². The summed E-state index contributed by atoms with van der Waals surface area (Å²) in [5.41, 5.74) is 1.86. The summed E-state index contributed by atoms with van der Waals surface area (Å²) in [6.45, 7) is 0. The molecule has 0 unspecified atom stereocenters. The largest absolute Gasteiger partial charge is 0.384 e. The van der Waals surface area contributed by atoms with Crippen LogP contribution in [0.25, 0.3) is 0 Å². The van der Waals surface area contributed by atoms with E-state index in [2.05, 4.69) is 0 Å². The molecular weight excluding hydrogens is 175 g/mol. The minimum Gasteiger partial charge on any atom is -0.384 e. The van der Waals surface area contributed by atoms with Crippen LogP contribution in [0.4, 0.5) is 0 Å². The highest BCUT2D eigenvalue weighted by molar-refractivity contribution is 5.29. The Hall–Kier alpha value is -1.60. The van der Waals surface area contributed by atoms with Gasteiger partial charge in [0.25, 0.3) is 0 Å². The first-order valence-corrected chi connectivity index (χ1v) is 4.66. The molecule has 1 atom stereocenters. The molecular formula is C13H12O. The Bertz CT molecular complexity index is 341. The average Bonchev–Trinajstić information content (AvgIpc) is 2.30. The van der Waals surface area contributed by atoms with Crippen LogP contribution in [0, 0.1) is 0 Å². The van der Waals surface area contributed by atoms with Gasteiger partial charge in [-0.05, 0) is 11.1 Å². The van der Waals surface area contributed by atoms with Crippen molar-refractivity contribution in [2.45, 2.75) is 6.10 Å². The van der Waals surface area contributed by atoms with Gasteiger partial charge in [-0.25, -0.2) is 0 Å². The Balaban J connectivity index is 2.30. The normalized spacial score (nSPS) is 12.4. The van der Waals surface area contributed by atoms with E-state index in [9.17, 15) is 5.11 Å². The Morgan fingerprint density at radius 3 is 1.36 bits per heavy atom. The third kappa shape index (κ3) is 1.83. The molecule has 0 bridgehead atoms. The zero-order valence-electron chi connectivity index (χ0n) is 7.80. The van der Waals surface area contributed by atoms with E-state index in [0.29, 0.717) is 0 Å². The van der Waals surface area contributed by atoms with Crippen molar-refractivity contribution < 1.29 is 5.11 Å². The number of benzene rings is 2. The minimum absolute atomic E-state index is 0.516. The predicted octanol–water partition coefficient (Wildman–Crippen LogP) is 2.77. The molecule has 0 saturated heterocycles. The van der Waals surface area contributed by atoms with Crippen LogP contribution in [0.3, 0.4) is 0 Å². The molecule has 0 saturated carbocycles. The molecule has 0 fully saturated rings.